The molecule has 0 radical (unpaired) electrons. The van der Waals surface area contributed by atoms with Gasteiger partial charge in [0.1, 0.15) is 23.4 Å². The summed E-state index contributed by atoms with van der Waals surface area (Å²) in [6.45, 7) is 0. The lowest BCUT2D eigenvalue weighted by Crippen LogP contribution is -2.20. The number of ether oxygens (including phenoxy) is 2. The molecule has 0 aliphatic carbocycles. The SMILES string of the molecule is COc1ccc2c(c1)C(=O)CC(c1ccc(Cl)c(F)c1)O2. The van der Waals surface area contributed by atoms with Crippen LogP contribution in [0.15, 0.2) is 36.4 Å². The van der Waals surface area contributed by atoms with Gasteiger partial charge in [-0.25, -0.2) is 4.39 Å². The molecule has 0 spiro atoms. The van der Waals surface area contributed by atoms with E-state index in [1.807, 2.05) is 0 Å². The van der Waals surface area contributed by atoms with Crippen LogP contribution in [0, 0.1) is 5.82 Å². The molecular weight excluding hydrogens is 295 g/mol. The summed E-state index contributed by atoms with van der Waals surface area (Å²) >= 11 is 5.67. The Hall–Kier alpha value is -2.07. The number of benzene rings is 2. The maximum Gasteiger partial charge on any atom is 0.170 e. The van der Waals surface area contributed by atoms with Crippen LogP contribution in [0.5, 0.6) is 11.5 Å². The molecule has 1 unspecified atom stereocenters. The zero-order valence-electron chi connectivity index (χ0n) is 11.2. The second-order valence-electron chi connectivity index (χ2n) is 4.77. The smallest absolute Gasteiger partial charge is 0.170 e. The first-order valence-corrected chi connectivity index (χ1v) is 6.79. The fourth-order valence-corrected chi connectivity index (χ4v) is 2.45. The summed E-state index contributed by atoms with van der Waals surface area (Å²) in [7, 11) is 1.54. The van der Waals surface area contributed by atoms with Gasteiger partial charge in [0, 0.05) is 0 Å². The summed E-state index contributed by atoms with van der Waals surface area (Å²) in [5.41, 5.74) is 1.08. The summed E-state index contributed by atoms with van der Waals surface area (Å²) in [6.07, 6.45) is -0.355. The van der Waals surface area contributed by atoms with Crippen LogP contribution >= 0.6 is 11.6 Å². The molecular formula is C16H12ClFO3. The first-order valence-electron chi connectivity index (χ1n) is 6.41. The topological polar surface area (TPSA) is 35.5 Å². The number of carbonyl (C=O) groups excluding carboxylic acids is 1. The van der Waals surface area contributed by atoms with E-state index in [1.165, 1.54) is 19.2 Å². The van der Waals surface area contributed by atoms with Gasteiger partial charge < -0.3 is 9.47 Å². The number of carbonyl (C=O) groups is 1. The number of Topliss-reactive ketones (excluding diaryl/α,β-unsaturated/α-hetero) is 1. The van der Waals surface area contributed by atoms with Gasteiger partial charge >= 0.3 is 0 Å². The quantitative estimate of drug-likeness (QED) is 0.834. The van der Waals surface area contributed by atoms with Crippen LogP contribution in [0.4, 0.5) is 4.39 Å². The molecule has 3 nitrogen and oxygen atoms in total. The van der Waals surface area contributed by atoms with E-state index in [4.69, 9.17) is 21.1 Å². The number of fused-ring (bicyclic) bond motifs is 1. The second kappa shape index (κ2) is 5.37. The van der Waals surface area contributed by atoms with Crippen LogP contribution in [-0.2, 0) is 0 Å². The lowest BCUT2D eigenvalue weighted by atomic mass is 9.96. The molecule has 1 aliphatic rings. The second-order valence-corrected chi connectivity index (χ2v) is 5.18. The summed E-state index contributed by atoms with van der Waals surface area (Å²) in [5.74, 6) is 0.496. The van der Waals surface area contributed by atoms with E-state index in [9.17, 15) is 9.18 Å². The highest BCUT2D eigenvalue weighted by molar-refractivity contribution is 6.30. The Labute approximate surface area is 126 Å². The van der Waals surface area contributed by atoms with Crippen LogP contribution in [0.1, 0.15) is 28.4 Å². The van der Waals surface area contributed by atoms with Crippen molar-refractivity contribution in [1.29, 1.82) is 0 Å². The van der Waals surface area contributed by atoms with Gasteiger partial charge in [-0.3, -0.25) is 4.79 Å². The van der Waals surface area contributed by atoms with Crippen LogP contribution in [0.2, 0.25) is 5.02 Å². The molecule has 0 aromatic heterocycles. The fraction of sp³-hybridized carbons (Fsp3) is 0.188. The maximum absolute atomic E-state index is 13.5. The third-order valence-electron chi connectivity index (χ3n) is 3.44. The minimum absolute atomic E-state index is 0.0472. The van der Waals surface area contributed by atoms with Crippen molar-refractivity contribution >= 4 is 17.4 Å². The standard InChI is InChI=1S/C16H12ClFO3/c1-20-10-3-5-15-11(7-10)14(19)8-16(21-15)9-2-4-12(17)13(18)6-9/h2-7,16H,8H2,1H3. The zero-order valence-corrected chi connectivity index (χ0v) is 12.0. The van der Waals surface area contributed by atoms with E-state index in [0.29, 0.717) is 22.6 Å². The van der Waals surface area contributed by atoms with Gasteiger partial charge in [0.2, 0.25) is 0 Å². The third-order valence-corrected chi connectivity index (χ3v) is 3.75. The van der Waals surface area contributed by atoms with Gasteiger partial charge in [-0.05, 0) is 35.9 Å². The molecule has 0 saturated heterocycles. The van der Waals surface area contributed by atoms with Crippen LogP contribution in [0.25, 0.3) is 0 Å². The Balaban J connectivity index is 1.94. The van der Waals surface area contributed by atoms with Crippen molar-refractivity contribution in [3.8, 4) is 11.5 Å². The normalized spacial score (nSPS) is 17.1. The number of rotatable bonds is 2. The molecule has 0 saturated carbocycles. The Morgan fingerprint density at radius 3 is 2.81 bits per heavy atom. The molecule has 1 atom stereocenters. The van der Waals surface area contributed by atoms with E-state index in [0.717, 1.165) is 0 Å². The minimum atomic E-state index is -0.522. The average Bonchev–Trinajstić information content (AvgIpc) is 2.49. The molecule has 2 aromatic rings. The Morgan fingerprint density at radius 2 is 2.10 bits per heavy atom. The maximum atomic E-state index is 13.5. The van der Waals surface area contributed by atoms with Gasteiger partial charge in [0.25, 0.3) is 0 Å². The number of halogens is 2. The van der Waals surface area contributed by atoms with Crippen molar-refractivity contribution in [2.24, 2.45) is 0 Å². The summed E-state index contributed by atoms with van der Waals surface area (Å²) in [6, 6.07) is 9.48. The molecule has 2 aromatic carbocycles. The van der Waals surface area contributed by atoms with Crippen molar-refractivity contribution < 1.29 is 18.7 Å². The molecule has 0 amide bonds. The van der Waals surface area contributed by atoms with E-state index in [-0.39, 0.29) is 17.2 Å². The Bertz CT molecular complexity index is 715. The average molecular weight is 307 g/mol. The summed E-state index contributed by atoms with van der Waals surface area (Å²) in [4.78, 5) is 12.2. The zero-order chi connectivity index (χ0) is 15.0. The number of hydrogen-bond donors (Lipinski definition) is 0. The predicted octanol–water partition coefficient (Wildman–Crippen LogP) is 4.19. The molecule has 3 rings (SSSR count). The van der Waals surface area contributed by atoms with Crippen molar-refractivity contribution in [3.63, 3.8) is 0 Å². The van der Waals surface area contributed by atoms with Gasteiger partial charge in [0.05, 0.1) is 24.1 Å². The lowest BCUT2D eigenvalue weighted by molar-refractivity contribution is 0.0849. The highest BCUT2D eigenvalue weighted by atomic mass is 35.5. The van der Waals surface area contributed by atoms with Gasteiger partial charge in [-0.15, -0.1) is 0 Å². The Kier molecular flexibility index (Phi) is 3.55. The minimum Gasteiger partial charge on any atom is -0.497 e. The summed E-state index contributed by atoms with van der Waals surface area (Å²) in [5, 5.41) is 0.0472. The lowest BCUT2D eigenvalue weighted by Gasteiger charge is -2.26. The monoisotopic (exact) mass is 306 g/mol. The van der Waals surface area contributed by atoms with E-state index < -0.39 is 11.9 Å². The van der Waals surface area contributed by atoms with Gasteiger partial charge in [0.15, 0.2) is 5.78 Å². The number of methoxy groups -OCH3 is 1. The number of ketones is 1. The van der Waals surface area contributed by atoms with Crippen LogP contribution < -0.4 is 9.47 Å². The molecule has 1 heterocycles. The van der Waals surface area contributed by atoms with E-state index in [1.54, 1.807) is 24.3 Å². The molecule has 21 heavy (non-hydrogen) atoms. The van der Waals surface area contributed by atoms with Gasteiger partial charge in [-0.2, -0.15) is 0 Å². The molecule has 1 aliphatic heterocycles. The van der Waals surface area contributed by atoms with Crippen LogP contribution in [-0.4, -0.2) is 12.9 Å². The third kappa shape index (κ3) is 2.59. The Morgan fingerprint density at radius 1 is 1.29 bits per heavy atom. The first-order chi connectivity index (χ1) is 10.1. The van der Waals surface area contributed by atoms with E-state index in [2.05, 4.69) is 0 Å². The molecule has 0 bridgehead atoms. The highest BCUT2D eigenvalue weighted by Crippen LogP contribution is 2.37. The summed E-state index contributed by atoms with van der Waals surface area (Å²) < 4.78 is 24.4. The van der Waals surface area contributed by atoms with Crippen molar-refractivity contribution in [2.75, 3.05) is 7.11 Å². The highest BCUT2D eigenvalue weighted by Gasteiger charge is 2.28. The van der Waals surface area contributed by atoms with E-state index >= 15 is 0 Å². The number of hydrogen-bond acceptors (Lipinski definition) is 3. The first kappa shape index (κ1) is 13.9. The molecule has 0 N–H and O–H groups in total. The van der Waals surface area contributed by atoms with Crippen molar-refractivity contribution in [3.05, 3.63) is 58.4 Å². The van der Waals surface area contributed by atoms with Gasteiger partial charge in [-0.1, -0.05) is 17.7 Å². The molecule has 108 valence electrons. The molecule has 5 heteroatoms. The predicted molar refractivity (Wildman–Crippen MR) is 76.7 cm³/mol. The van der Waals surface area contributed by atoms with Crippen LogP contribution in [0.3, 0.4) is 0 Å². The van der Waals surface area contributed by atoms with Crippen molar-refractivity contribution in [2.45, 2.75) is 12.5 Å². The van der Waals surface area contributed by atoms with Crippen molar-refractivity contribution in [1.82, 2.24) is 0 Å². The molecule has 0 fully saturated rings. The fourth-order valence-electron chi connectivity index (χ4n) is 2.33. The largest absolute Gasteiger partial charge is 0.497 e.